The first kappa shape index (κ1) is 22.7. The van der Waals surface area contributed by atoms with Gasteiger partial charge in [-0.25, -0.2) is 4.98 Å². The number of nitrogens with zero attached hydrogens (tertiary/aromatic N) is 1. The zero-order valence-corrected chi connectivity index (χ0v) is 17.1. The molecule has 1 aromatic rings. The molecule has 0 unspecified atom stereocenters. The molecule has 1 rings (SSSR count). The molecule has 152 valence electrons. The third-order valence-electron chi connectivity index (χ3n) is 3.38. The zero-order chi connectivity index (χ0) is 20.3. The van der Waals surface area contributed by atoms with E-state index in [2.05, 4.69) is 24.1 Å². The second-order valence-electron chi connectivity index (χ2n) is 7.19. The van der Waals surface area contributed by atoms with Crippen molar-refractivity contribution in [3.63, 3.8) is 0 Å². The van der Waals surface area contributed by atoms with Crippen molar-refractivity contribution in [1.82, 2.24) is 10.3 Å². The number of hydrogen-bond acceptors (Lipinski definition) is 6. The van der Waals surface area contributed by atoms with Crippen molar-refractivity contribution in [2.75, 3.05) is 19.8 Å². The van der Waals surface area contributed by atoms with Crippen molar-refractivity contribution in [3.05, 3.63) is 18.0 Å². The van der Waals surface area contributed by atoms with Crippen LogP contribution in [-0.2, 0) is 9.53 Å². The van der Waals surface area contributed by atoms with Crippen molar-refractivity contribution in [2.45, 2.75) is 65.9 Å². The van der Waals surface area contributed by atoms with Gasteiger partial charge in [-0.3, -0.25) is 9.59 Å². The first-order valence-electron chi connectivity index (χ1n) is 9.52. The lowest BCUT2D eigenvalue weighted by Gasteiger charge is -2.19. The highest BCUT2D eigenvalue weighted by molar-refractivity contribution is 5.96. The van der Waals surface area contributed by atoms with Gasteiger partial charge in [0.15, 0.2) is 11.4 Å². The van der Waals surface area contributed by atoms with Crippen LogP contribution >= 0.6 is 0 Å². The van der Waals surface area contributed by atoms with Crippen molar-refractivity contribution < 1.29 is 23.8 Å². The number of rotatable bonds is 11. The van der Waals surface area contributed by atoms with Crippen LogP contribution in [0.1, 0.15) is 70.8 Å². The lowest BCUT2D eigenvalue weighted by atomic mass is 10.2. The fraction of sp³-hybridized carbons (Fsp3) is 0.650. The van der Waals surface area contributed by atoms with Gasteiger partial charge in [-0.2, -0.15) is 0 Å². The van der Waals surface area contributed by atoms with E-state index in [1.54, 1.807) is 26.8 Å². The van der Waals surface area contributed by atoms with Gasteiger partial charge in [0.05, 0.1) is 19.4 Å². The molecule has 0 spiro atoms. The van der Waals surface area contributed by atoms with Crippen molar-refractivity contribution in [1.29, 1.82) is 0 Å². The summed E-state index contributed by atoms with van der Waals surface area (Å²) < 4.78 is 16.5. The molecule has 0 radical (unpaired) electrons. The number of esters is 1. The van der Waals surface area contributed by atoms with E-state index in [4.69, 9.17) is 14.2 Å². The average Bonchev–Trinajstić information content (AvgIpc) is 2.59. The molecular formula is C20H32N2O5. The third-order valence-corrected chi connectivity index (χ3v) is 3.38. The molecular weight excluding hydrogens is 348 g/mol. The minimum Gasteiger partial charge on any atom is -0.492 e. The summed E-state index contributed by atoms with van der Waals surface area (Å²) >= 11 is 0. The normalized spacial score (nSPS) is 11.0. The second-order valence-corrected chi connectivity index (χ2v) is 7.19. The van der Waals surface area contributed by atoms with E-state index in [0.717, 1.165) is 25.7 Å². The summed E-state index contributed by atoms with van der Waals surface area (Å²) in [5, 5.41) is 2.53. The number of pyridine rings is 1. The largest absolute Gasteiger partial charge is 0.492 e. The molecule has 1 N–H and O–H groups in total. The molecule has 0 saturated carbocycles. The van der Waals surface area contributed by atoms with Gasteiger partial charge in [0, 0.05) is 6.07 Å². The Balaban J connectivity index is 2.79. The molecule has 27 heavy (non-hydrogen) atoms. The van der Waals surface area contributed by atoms with Gasteiger partial charge in [-0.1, -0.05) is 26.7 Å². The van der Waals surface area contributed by atoms with Crippen LogP contribution in [-0.4, -0.2) is 42.2 Å². The Morgan fingerprint density at radius 1 is 1.07 bits per heavy atom. The molecule has 0 aliphatic rings. The number of carbonyl (C=O) groups excluding carboxylic acids is 2. The van der Waals surface area contributed by atoms with Gasteiger partial charge in [-0.15, -0.1) is 0 Å². The first-order chi connectivity index (χ1) is 12.8. The number of amides is 1. The Morgan fingerprint density at radius 3 is 2.30 bits per heavy atom. The molecule has 0 bridgehead atoms. The standard InChI is InChI=1S/C20H32N2O5/c1-6-8-10-25-15-12-16(26-11-9-7-2)18(21-13-15)19(24)22-14-17(23)27-20(3,4)5/h12-13H,6-11,14H2,1-5H3,(H,22,24). The zero-order valence-electron chi connectivity index (χ0n) is 17.1. The third kappa shape index (κ3) is 9.26. The molecule has 0 saturated heterocycles. The predicted octanol–water partition coefficient (Wildman–Crippen LogP) is 3.51. The first-order valence-corrected chi connectivity index (χ1v) is 9.52. The van der Waals surface area contributed by atoms with Gasteiger partial charge in [0.25, 0.3) is 5.91 Å². The van der Waals surface area contributed by atoms with E-state index < -0.39 is 17.5 Å². The molecule has 7 nitrogen and oxygen atoms in total. The molecule has 0 fully saturated rings. The lowest BCUT2D eigenvalue weighted by molar-refractivity contribution is -0.153. The van der Waals surface area contributed by atoms with Crippen molar-refractivity contribution >= 4 is 11.9 Å². The SMILES string of the molecule is CCCCOc1cnc(C(=O)NCC(=O)OC(C)(C)C)c(OCCCC)c1. The summed E-state index contributed by atoms with van der Waals surface area (Å²) in [6, 6.07) is 1.67. The van der Waals surface area contributed by atoms with Crippen LogP contribution < -0.4 is 14.8 Å². The minimum atomic E-state index is -0.605. The van der Waals surface area contributed by atoms with Crippen LogP contribution in [0.5, 0.6) is 11.5 Å². The molecule has 1 amide bonds. The fourth-order valence-corrected chi connectivity index (χ4v) is 2.06. The Hall–Kier alpha value is -2.31. The second kappa shape index (κ2) is 11.4. The van der Waals surface area contributed by atoms with Gasteiger partial charge in [-0.05, 0) is 33.6 Å². The van der Waals surface area contributed by atoms with Gasteiger partial charge in [0.2, 0.25) is 0 Å². The molecule has 0 aliphatic carbocycles. The summed E-state index contributed by atoms with van der Waals surface area (Å²) in [5.74, 6) is -0.103. The minimum absolute atomic E-state index is 0.123. The Kier molecular flexibility index (Phi) is 9.61. The molecule has 7 heteroatoms. The maximum Gasteiger partial charge on any atom is 0.325 e. The molecule has 0 atom stereocenters. The summed E-state index contributed by atoms with van der Waals surface area (Å²) in [7, 11) is 0. The summed E-state index contributed by atoms with van der Waals surface area (Å²) in [6.45, 7) is 10.3. The van der Waals surface area contributed by atoms with Crippen LogP contribution in [0.25, 0.3) is 0 Å². The van der Waals surface area contributed by atoms with Crippen LogP contribution in [0.15, 0.2) is 12.3 Å². The van der Waals surface area contributed by atoms with Crippen molar-refractivity contribution in [3.8, 4) is 11.5 Å². The van der Waals surface area contributed by atoms with Crippen LogP contribution in [0.2, 0.25) is 0 Å². The maximum absolute atomic E-state index is 12.4. The topological polar surface area (TPSA) is 86.8 Å². The van der Waals surface area contributed by atoms with Gasteiger partial charge >= 0.3 is 5.97 Å². The van der Waals surface area contributed by atoms with Crippen LogP contribution in [0.3, 0.4) is 0 Å². The van der Waals surface area contributed by atoms with Gasteiger partial charge in [0.1, 0.15) is 17.9 Å². The van der Waals surface area contributed by atoms with E-state index in [1.165, 1.54) is 6.20 Å². The van der Waals surface area contributed by atoms with E-state index in [-0.39, 0.29) is 12.2 Å². The number of hydrogen-bond donors (Lipinski definition) is 1. The molecule has 1 heterocycles. The molecule has 1 aromatic heterocycles. The number of unbranched alkanes of at least 4 members (excludes halogenated alkanes) is 2. The number of ether oxygens (including phenoxy) is 3. The highest BCUT2D eigenvalue weighted by Gasteiger charge is 2.20. The lowest BCUT2D eigenvalue weighted by Crippen LogP contribution is -2.35. The number of aromatic nitrogens is 1. The van der Waals surface area contributed by atoms with E-state index in [9.17, 15) is 9.59 Å². The smallest absolute Gasteiger partial charge is 0.325 e. The van der Waals surface area contributed by atoms with E-state index in [1.807, 2.05) is 0 Å². The molecule has 0 aliphatic heterocycles. The van der Waals surface area contributed by atoms with Crippen LogP contribution in [0, 0.1) is 0 Å². The Morgan fingerprint density at radius 2 is 1.70 bits per heavy atom. The average molecular weight is 380 g/mol. The highest BCUT2D eigenvalue weighted by Crippen LogP contribution is 2.23. The summed E-state index contributed by atoms with van der Waals surface area (Å²) in [4.78, 5) is 28.4. The summed E-state index contributed by atoms with van der Waals surface area (Å²) in [5.41, 5.74) is -0.483. The summed E-state index contributed by atoms with van der Waals surface area (Å²) in [6.07, 6.45) is 5.29. The fourth-order valence-electron chi connectivity index (χ4n) is 2.06. The van der Waals surface area contributed by atoms with Gasteiger partial charge < -0.3 is 19.5 Å². The monoisotopic (exact) mass is 380 g/mol. The molecule has 0 aromatic carbocycles. The van der Waals surface area contributed by atoms with E-state index in [0.29, 0.717) is 24.7 Å². The Bertz CT molecular complexity index is 611. The van der Waals surface area contributed by atoms with E-state index >= 15 is 0 Å². The predicted molar refractivity (Wildman–Crippen MR) is 103 cm³/mol. The number of nitrogens with one attached hydrogen (secondary N) is 1. The maximum atomic E-state index is 12.4. The quantitative estimate of drug-likeness (QED) is 0.467. The van der Waals surface area contributed by atoms with Crippen molar-refractivity contribution in [2.24, 2.45) is 0 Å². The highest BCUT2D eigenvalue weighted by atomic mass is 16.6. The number of carbonyl (C=O) groups is 2. The Labute approximate surface area is 161 Å². The van der Waals surface area contributed by atoms with Crippen LogP contribution in [0.4, 0.5) is 0 Å².